The molecule has 1 amide bonds. The lowest BCUT2D eigenvalue weighted by atomic mass is 10.2. The maximum absolute atomic E-state index is 12.7. The van der Waals surface area contributed by atoms with Gasteiger partial charge in [0.1, 0.15) is 9.96 Å². The van der Waals surface area contributed by atoms with Crippen molar-refractivity contribution < 1.29 is 31.1 Å². The van der Waals surface area contributed by atoms with Crippen molar-refractivity contribution in [3.05, 3.63) is 46.3 Å². The molecule has 1 aliphatic heterocycles. The normalized spacial score (nSPS) is 16.1. The number of piperazine rings is 1. The third-order valence-electron chi connectivity index (χ3n) is 4.26. The molecule has 0 spiro atoms. The minimum atomic E-state index is -4.50. The van der Waals surface area contributed by atoms with Gasteiger partial charge in [-0.1, -0.05) is 17.7 Å². The monoisotopic (exact) mass is 468 g/mol. The van der Waals surface area contributed by atoms with Crippen LogP contribution in [0.1, 0.15) is 5.56 Å². The molecule has 0 atom stereocenters. The summed E-state index contributed by atoms with van der Waals surface area (Å²) in [4.78, 5) is 13.7. The summed E-state index contributed by atoms with van der Waals surface area (Å²) in [5, 5.41) is 0. The molecule has 29 heavy (non-hydrogen) atoms. The van der Waals surface area contributed by atoms with Crippen molar-refractivity contribution in [3.63, 3.8) is 0 Å². The van der Waals surface area contributed by atoms with Crippen molar-refractivity contribution in [2.24, 2.45) is 0 Å². The summed E-state index contributed by atoms with van der Waals surface area (Å²) in [6.45, 7) is 0.0845. The second-order valence-corrected chi connectivity index (χ2v) is 10.0. The van der Waals surface area contributed by atoms with E-state index in [1.165, 1.54) is 33.5 Å². The fraction of sp³-hybridized carbons (Fsp3) is 0.353. The number of alkyl halides is 3. The van der Waals surface area contributed by atoms with Crippen LogP contribution in [0.3, 0.4) is 0 Å². The van der Waals surface area contributed by atoms with Gasteiger partial charge in [0.05, 0.1) is 9.90 Å². The third kappa shape index (κ3) is 5.21. The molecule has 0 radical (unpaired) electrons. The molecule has 2 heterocycles. The van der Waals surface area contributed by atoms with Gasteiger partial charge in [0, 0.05) is 26.2 Å². The van der Waals surface area contributed by atoms with Crippen LogP contribution in [0.2, 0.25) is 4.34 Å². The number of rotatable bonds is 5. The average Bonchev–Trinajstić information content (AvgIpc) is 3.13. The van der Waals surface area contributed by atoms with E-state index in [9.17, 15) is 26.4 Å². The van der Waals surface area contributed by atoms with Crippen molar-refractivity contribution in [2.75, 3.05) is 32.8 Å². The molecule has 1 aliphatic rings. The van der Waals surface area contributed by atoms with Crippen molar-refractivity contribution in [1.82, 2.24) is 9.21 Å². The minimum Gasteiger partial charge on any atom is -0.484 e. The number of nitrogens with zero attached hydrogens (tertiary/aromatic N) is 2. The van der Waals surface area contributed by atoms with E-state index < -0.39 is 34.3 Å². The van der Waals surface area contributed by atoms with Gasteiger partial charge in [-0.2, -0.15) is 17.5 Å². The van der Waals surface area contributed by atoms with Gasteiger partial charge < -0.3 is 9.64 Å². The summed E-state index contributed by atoms with van der Waals surface area (Å²) in [6.07, 6.45) is -4.50. The maximum Gasteiger partial charge on any atom is 0.416 e. The Kier molecular flexibility index (Phi) is 6.42. The van der Waals surface area contributed by atoms with Gasteiger partial charge in [-0.3, -0.25) is 4.79 Å². The zero-order valence-electron chi connectivity index (χ0n) is 14.9. The van der Waals surface area contributed by atoms with Crippen LogP contribution in [0.25, 0.3) is 0 Å². The average molecular weight is 469 g/mol. The fourth-order valence-corrected chi connectivity index (χ4v) is 5.80. The number of amides is 1. The lowest BCUT2D eigenvalue weighted by molar-refractivity contribution is -0.137. The summed E-state index contributed by atoms with van der Waals surface area (Å²) in [7, 11) is -3.67. The molecule has 0 bridgehead atoms. The molecule has 3 rings (SSSR count). The van der Waals surface area contributed by atoms with Crippen LogP contribution < -0.4 is 4.74 Å². The molecule has 12 heteroatoms. The van der Waals surface area contributed by atoms with Crippen molar-refractivity contribution in [3.8, 4) is 5.75 Å². The highest BCUT2D eigenvalue weighted by Gasteiger charge is 2.32. The first-order valence-electron chi connectivity index (χ1n) is 8.41. The smallest absolute Gasteiger partial charge is 0.416 e. The molecule has 0 N–H and O–H groups in total. The molecular formula is C17H16ClF3N2O4S2. The zero-order chi connectivity index (χ0) is 21.2. The Labute approximate surface area is 174 Å². The molecule has 158 valence electrons. The maximum atomic E-state index is 12.7. The number of sulfonamides is 1. The van der Waals surface area contributed by atoms with Gasteiger partial charge in [-0.25, -0.2) is 8.42 Å². The molecule has 1 aromatic heterocycles. The molecule has 2 aromatic rings. The van der Waals surface area contributed by atoms with Crippen LogP contribution in [-0.2, 0) is 21.0 Å². The van der Waals surface area contributed by atoms with E-state index in [1.54, 1.807) is 0 Å². The van der Waals surface area contributed by atoms with Crippen LogP contribution >= 0.6 is 22.9 Å². The largest absolute Gasteiger partial charge is 0.484 e. The number of hydrogen-bond donors (Lipinski definition) is 0. The van der Waals surface area contributed by atoms with E-state index in [0.29, 0.717) is 4.34 Å². The first-order valence-corrected chi connectivity index (χ1v) is 11.0. The highest BCUT2D eigenvalue weighted by atomic mass is 35.5. The van der Waals surface area contributed by atoms with Gasteiger partial charge in [0.25, 0.3) is 15.9 Å². The highest BCUT2D eigenvalue weighted by molar-refractivity contribution is 7.91. The summed E-state index contributed by atoms with van der Waals surface area (Å²) < 4.78 is 70.2. The number of halogens is 4. The predicted octanol–water partition coefficient (Wildman–Crippen LogP) is 3.33. The van der Waals surface area contributed by atoms with Gasteiger partial charge in [0.2, 0.25) is 0 Å². The van der Waals surface area contributed by atoms with Crippen LogP contribution in [0.4, 0.5) is 13.2 Å². The van der Waals surface area contributed by atoms with Gasteiger partial charge in [0.15, 0.2) is 6.61 Å². The summed E-state index contributed by atoms with van der Waals surface area (Å²) in [5.41, 5.74) is -0.866. The number of thiophene rings is 1. The molecule has 6 nitrogen and oxygen atoms in total. The topological polar surface area (TPSA) is 66.9 Å². The number of carbonyl (C=O) groups excluding carboxylic acids is 1. The van der Waals surface area contributed by atoms with Gasteiger partial charge in [-0.15, -0.1) is 11.3 Å². The number of ether oxygens (including phenoxy) is 1. The second kappa shape index (κ2) is 8.50. The third-order valence-corrected chi connectivity index (χ3v) is 7.85. The second-order valence-electron chi connectivity index (χ2n) is 6.16. The lowest BCUT2D eigenvalue weighted by Crippen LogP contribution is -2.51. The predicted molar refractivity (Wildman–Crippen MR) is 102 cm³/mol. The zero-order valence-corrected chi connectivity index (χ0v) is 17.2. The fourth-order valence-electron chi connectivity index (χ4n) is 2.74. The molecule has 1 saturated heterocycles. The molecule has 1 aromatic carbocycles. The number of benzene rings is 1. The molecular weight excluding hydrogens is 453 g/mol. The van der Waals surface area contributed by atoms with Crippen molar-refractivity contribution in [1.29, 1.82) is 0 Å². The molecule has 0 unspecified atom stereocenters. The number of hydrogen-bond acceptors (Lipinski definition) is 5. The van der Waals surface area contributed by atoms with Gasteiger partial charge in [-0.05, 0) is 30.3 Å². The van der Waals surface area contributed by atoms with Crippen LogP contribution in [0.5, 0.6) is 5.75 Å². The van der Waals surface area contributed by atoms with E-state index in [4.69, 9.17) is 16.3 Å². The summed E-state index contributed by atoms with van der Waals surface area (Å²) in [6, 6.07) is 7.20. The molecule has 0 saturated carbocycles. The van der Waals surface area contributed by atoms with Gasteiger partial charge >= 0.3 is 6.18 Å². The Bertz CT molecular complexity index is 987. The van der Waals surface area contributed by atoms with Crippen LogP contribution in [-0.4, -0.2) is 56.3 Å². The van der Waals surface area contributed by atoms with E-state index in [1.807, 2.05) is 0 Å². The van der Waals surface area contributed by atoms with E-state index in [2.05, 4.69) is 0 Å². The Morgan fingerprint density at radius 2 is 1.83 bits per heavy atom. The Morgan fingerprint density at radius 1 is 1.14 bits per heavy atom. The van der Waals surface area contributed by atoms with Crippen molar-refractivity contribution in [2.45, 2.75) is 10.4 Å². The first-order chi connectivity index (χ1) is 13.6. The van der Waals surface area contributed by atoms with E-state index in [-0.39, 0.29) is 36.1 Å². The molecule has 1 fully saturated rings. The van der Waals surface area contributed by atoms with Crippen molar-refractivity contribution >= 4 is 38.9 Å². The SMILES string of the molecule is O=C(COc1cccc(C(F)(F)F)c1)N1CCN(S(=O)(=O)c2ccc(Cl)s2)CC1. The summed E-state index contributed by atoms with van der Waals surface area (Å²) in [5.74, 6) is -0.498. The summed E-state index contributed by atoms with van der Waals surface area (Å²) >= 11 is 6.76. The Balaban J connectivity index is 1.54. The molecule has 0 aliphatic carbocycles. The first kappa shape index (κ1) is 21.9. The van der Waals surface area contributed by atoms with E-state index in [0.717, 1.165) is 23.5 Å². The van der Waals surface area contributed by atoms with E-state index >= 15 is 0 Å². The van der Waals surface area contributed by atoms with Crippen LogP contribution in [0.15, 0.2) is 40.6 Å². The quantitative estimate of drug-likeness (QED) is 0.675. The highest BCUT2D eigenvalue weighted by Crippen LogP contribution is 2.31. The Morgan fingerprint density at radius 3 is 2.41 bits per heavy atom. The van der Waals surface area contributed by atoms with Crippen LogP contribution in [0, 0.1) is 0 Å². The standard InChI is InChI=1S/C17H16ClF3N2O4S2/c18-14-4-5-16(28-14)29(25,26)23-8-6-22(7-9-23)15(24)11-27-13-3-1-2-12(10-13)17(19,20)21/h1-5,10H,6-9,11H2. The Hall–Kier alpha value is -1.82. The minimum absolute atomic E-state index is 0.0658. The number of carbonyl (C=O) groups is 1. The lowest BCUT2D eigenvalue weighted by Gasteiger charge is -2.33.